The smallest absolute Gasteiger partial charge is 0.347 e. The highest BCUT2D eigenvalue weighted by atomic mass is 16.5. The molecule has 1 heterocycles. The molecule has 0 radical (unpaired) electrons. The molecule has 0 saturated carbocycles. The summed E-state index contributed by atoms with van der Waals surface area (Å²) in [5, 5.41) is 5.81. The monoisotopic (exact) mass is 422 g/mol. The highest BCUT2D eigenvalue weighted by Crippen LogP contribution is 2.22. The van der Waals surface area contributed by atoms with Crippen LogP contribution in [0.25, 0.3) is 0 Å². The van der Waals surface area contributed by atoms with Crippen LogP contribution in [-0.2, 0) is 23.9 Å². The van der Waals surface area contributed by atoms with Crippen LogP contribution in [0.15, 0.2) is 72.1 Å². The molecular formula is C24H26N2O5. The lowest BCUT2D eigenvalue weighted by atomic mass is 9.97. The third-order valence-electron chi connectivity index (χ3n) is 4.67. The maximum absolute atomic E-state index is 12.5. The van der Waals surface area contributed by atoms with Crippen LogP contribution in [0.1, 0.15) is 31.9 Å². The van der Waals surface area contributed by atoms with Crippen molar-refractivity contribution in [1.82, 2.24) is 5.32 Å². The molecule has 1 amide bonds. The fourth-order valence-electron chi connectivity index (χ4n) is 3.24. The van der Waals surface area contributed by atoms with Crippen LogP contribution in [0.4, 0.5) is 5.69 Å². The number of carbonyl (C=O) groups excluding carboxylic acids is 3. The van der Waals surface area contributed by atoms with E-state index in [-0.39, 0.29) is 24.1 Å². The van der Waals surface area contributed by atoms with Gasteiger partial charge in [0.1, 0.15) is 0 Å². The molecule has 7 nitrogen and oxygen atoms in total. The summed E-state index contributed by atoms with van der Waals surface area (Å²) in [4.78, 5) is 37.1. The lowest BCUT2D eigenvalue weighted by Crippen LogP contribution is -2.33. The van der Waals surface area contributed by atoms with Crippen molar-refractivity contribution in [1.29, 1.82) is 0 Å². The van der Waals surface area contributed by atoms with Crippen LogP contribution < -0.4 is 10.6 Å². The predicted molar refractivity (Wildman–Crippen MR) is 116 cm³/mol. The average Bonchev–Trinajstić information content (AvgIpc) is 3.12. The van der Waals surface area contributed by atoms with Gasteiger partial charge in [0.05, 0.1) is 6.04 Å². The van der Waals surface area contributed by atoms with Gasteiger partial charge in [0, 0.05) is 5.69 Å². The van der Waals surface area contributed by atoms with Crippen molar-refractivity contribution in [2.45, 2.75) is 26.3 Å². The minimum absolute atomic E-state index is 0.0311. The molecule has 1 atom stereocenters. The predicted octanol–water partition coefficient (Wildman–Crippen LogP) is 3.36. The first-order valence-corrected chi connectivity index (χ1v) is 10.2. The molecular weight excluding hydrogens is 396 g/mol. The maximum Gasteiger partial charge on any atom is 0.347 e. The zero-order chi connectivity index (χ0) is 22.2. The number of para-hydroxylation sites is 1. The van der Waals surface area contributed by atoms with Crippen molar-refractivity contribution >= 4 is 23.3 Å². The summed E-state index contributed by atoms with van der Waals surface area (Å²) in [5.74, 6) is -1.43. The number of benzene rings is 2. The summed E-state index contributed by atoms with van der Waals surface area (Å²) < 4.78 is 10.4. The zero-order valence-corrected chi connectivity index (χ0v) is 17.6. The number of anilines is 1. The second kappa shape index (κ2) is 10.4. The molecule has 0 fully saturated rings. The number of hydrogen-bond acceptors (Lipinski definition) is 6. The van der Waals surface area contributed by atoms with Gasteiger partial charge in [0.15, 0.2) is 18.8 Å². The van der Waals surface area contributed by atoms with Crippen molar-refractivity contribution in [3.63, 3.8) is 0 Å². The highest BCUT2D eigenvalue weighted by molar-refractivity contribution is 6.20. The highest BCUT2D eigenvalue weighted by Gasteiger charge is 2.33. The number of ketones is 1. The van der Waals surface area contributed by atoms with E-state index in [0.717, 1.165) is 12.0 Å². The molecule has 7 heteroatoms. The van der Waals surface area contributed by atoms with Crippen LogP contribution in [-0.4, -0.2) is 30.9 Å². The van der Waals surface area contributed by atoms with Crippen LogP contribution in [0.2, 0.25) is 0 Å². The fraction of sp³-hybridized carbons (Fsp3) is 0.292. The largest absolute Gasteiger partial charge is 0.470 e. The SMILES string of the molecule is CC(C)C[C@H](NC(=O)COC(=O)C1=C(Nc2ccccc2)OCC1=O)c1ccccc1. The topological polar surface area (TPSA) is 93.7 Å². The zero-order valence-electron chi connectivity index (χ0n) is 17.6. The Morgan fingerprint density at radius 3 is 2.32 bits per heavy atom. The molecule has 31 heavy (non-hydrogen) atoms. The fourth-order valence-corrected chi connectivity index (χ4v) is 3.24. The standard InChI is InChI=1S/C24H26N2O5/c1-16(2)13-19(17-9-5-3-6-10-17)26-21(28)15-31-24(29)22-20(27)14-30-23(22)25-18-11-7-4-8-12-18/h3-12,16,19,25H,13-15H2,1-2H3,(H,26,28)/t19-/m0/s1. The summed E-state index contributed by atoms with van der Waals surface area (Å²) in [5.41, 5.74) is 1.42. The Labute approximate surface area is 181 Å². The Morgan fingerprint density at radius 2 is 1.68 bits per heavy atom. The number of hydrogen-bond donors (Lipinski definition) is 2. The first kappa shape index (κ1) is 22.1. The summed E-state index contributed by atoms with van der Waals surface area (Å²) in [6.07, 6.45) is 0.742. The molecule has 2 aromatic rings. The molecule has 1 aliphatic heterocycles. The summed E-state index contributed by atoms with van der Waals surface area (Å²) in [6.45, 7) is 3.40. The lowest BCUT2D eigenvalue weighted by Gasteiger charge is -2.21. The van der Waals surface area contributed by atoms with Gasteiger partial charge in [-0.3, -0.25) is 9.59 Å². The van der Waals surface area contributed by atoms with Gasteiger partial charge in [-0.05, 0) is 30.0 Å². The van der Waals surface area contributed by atoms with E-state index in [1.165, 1.54) is 0 Å². The summed E-state index contributed by atoms with van der Waals surface area (Å²) in [7, 11) is 0. The molecule has 2 aromatic carbocycles. The molecule has 0 aromatic heterocycles. The number of Topliss-reactive ketones (excluding diaryl/α,β-unsaturated/α-hetero) is 1. The second-order valence-electron chi connectivity index (χ2n) is 7.64. The Bertz CT molecular complexity index is 954. The van der Waals surface area contributed by atoms with Crippen LogP contribution in [0.5, 0.6) is 0 Å². The Kier molecular flexibility index (Phi) is 7.43. The number of amides is 1. The quantitative estimate of drug-likeness (QED) is 0.475. The summed E-state index contributed by atoms with van der Waals surface area (Å²) in [6, 6.07) is 18.4. The van der Waals surface area contributed by atoms with E-state index in [1.54, 1.807) is 12.1 Å². The van der Waals surface area contributed by atoms with E-state index < -0.39 is 24.3 Å². The number of esters is 1. The molecule has 0 spiro atoms. The second-order valence-corrected chi connectivity index (χ2v) is 7.64. The summed E-state index contributed by atoms with van der Waals surface area (Å²) >= 11 is 0. The Hall–Kier alpha value is -3.61. The van der Waals surface area contributed by atoms with Crippen LogP contribution >= 0.6 is 0 Å². The third kappa shape index (κ3) is 6.18. The normalized spacial score (nSPS) is 14.2. The van der Waals surface area contributed by atoms with E-state index in [4.69, 9.17) is 9.47 Å². The van der Waals surface area contributed by atoms with Gasteiger partial charge >= 0.3 is 5.97 Å². The van der Waals surface area contributed by atoms with E-state index in [9.17, 15) is 14.4 Å². The Balaban J connectivity index is 1.62. The van der Waals surface area contributed by atoms with Gasteiger partial charge in [-0.1, -0.05) is 62.4 Å². The molecule has 0 saturated heterocycles. The van der Waals surface area contributed by atoms with Crippen LogP contribution in [0.3, 0.4) is 0 Å². The Morgan fingerprint density at radius 1 is 1.03 bits per heavy atom. The van der Waals surface area contributed by atoms with Gasteiger partial charge in [-0.15, -0.1) is 0 Å². The number of rotatable bonds is 9. The molecule has 0 unspecified atom stereocenters. The van der Waals surface area contributed by atoms with E-state index in [2.05, 4.69) is 24.5 Å². The van der Waals surface area contributed by atoms with Gasteiger partial charge in [0.2, 0.25) is 11.7 Å². The first-order valence-electron chi connectivity index (χ1n) is 10.2. The third-order valence-corrected chi connectivity index (χ3v) is 4.67. The van der Waals surface area contributed by atoms with Gasteiger partial charge in [-0.25, -0.2) is 4.79 Å². The number of carbonyl (C=O) groups is 3. The van der Waals surface area contributed by atoms with Crippen molar-refractivity contribution in [2.75, 3.05) is 18.5 Å². The molecule has 2 N–H and O–H groups in total. The van der Waals surface area contributed by atoms with E-state index in [1.807, 2.05) is 48.5 Å². The molecule has 1 aliphatic rings. The molecule has 0 bridgehead atoms. The van der Waals surface area contributed by atoms with Crippen molar-refractivity contribution in [3.05, 3.63) is 77.7 Å². The molecule has 162 valence electrons. The lowest BCUT2D eigenvalue weighted by molar-refractivity contribution is -0.146. The minimum Gasteiger partial charge on any atom is -0.470 e. The number of ether oxygens (including phenoxy) is 2. The van der Waals surface area contributed by atoms with E-state index in [0.29, 0.717) is 11.6 Å². The molecule has 0 aliphatic carbocycles. The van der Waals surface area contributed by atoms with Crippen molar-refractivity contribution in [2.24, 2.45) is 5.92 Å². The van der Waals surface area contributed by atoms with Crippen LogP contribution in [0, 0.1) is 5.92 Å². The average molecular weight is 422 g/mol. The molecule has 3 rings (SSSR count). The van der Waals surface area contributed by atoms with Gasteiger partial charge < -0.3 is 20.1 Å². The van der Waals surface area contributed by atoms with Gasteiger partial charge in [-0.2, -0.15) is 0 Å². The minimum atomic E-state index is -0.892. The van der Waals surface area contributed by atoms with E-state index >= 15 is 0 Å². The number of nitrogens with one attached hydrogen (secondary N) is 2. The van der Waals surface area contributed by atoms with Gasteiger partial charge in [0.25, 0.3) is 5.91 Å². The first-order chi connectivity index (χ1) is 14.9. The maximum atomic E-state index is 12.5. The van der Waals surface area contributed by atoms with Crippen molar-refractivity contribution < 1.29 is 23.9 Å². The van der Waals surface area contributed by atoms with Crippen molar-refractivity contribution in [3.8, 4) is 0 Å².